The average molecular weight is 450 g/mol. The van der Waals surface area contributed by atoms with Crippen LogP contribution in [0.3, 0.4) is 0 Å². The highest BCUT2D eigenvalue weighted by molar-refractivity contribution is 7.46. The molecule has 170 valence electrons. The molecule has 1 aliphatic rings. The Morgan fingerprint density at radius 1 is 1.23 bits per heavy atom. The maximum absolute atomic E-state index is 12.5. The van der Waals surface area contributed by atoms with Crippen molar-refractivity contribution in [2.45, 2.75) is 45.3 Å². The summed E-state index contributed by atoms with van der Waals surface area (Å²) in [5.74, 6) is 0.125. The number of hydrogen-bond donors (Lipinski definition) is 4. The molecule has 0 aliphatic carbocycles. The van der Waals surface area contributed by atoms with Crippen molar-refractivity contribution >= 4 is 24.9 Å². The van der Waals surface area contributed by atoms with Gasteiger partial charge in [-0.3, -0.25) is 14.0 Å². The first-order chi connectivity index (χ1) is 14.1. The van der Waals surface area contributed by atoms with Crippen LogP contribution in [0.5, 0.6) is 0 Å². The highest BCUT2D eigenvalue weighted by Gasteiger charge is 2.45. The molecule has 0 aromatic carbocycles. The molecule has 1 saturated heterocycles. The van der Waals surface area contributed by atoms with Gasteiger partial charge in [0.05, 0.1) is 12.9 Å². The number of aliphatic hydroxyl groups excluding tert-OH is 2. The summed E-state index contributed by atoms with van der Waals surface area (Å²) in [7, 11) is -5.22. The Hall–Kier alpha value is -1.73. The van der Waals surface area contributed by atoms with Crippen molar-refractivity contribution in [3.05, 3.63) is 12.7 Å². The number of aromatic nitrogens is 4. The number of ether oxygens (including phenoxy) is 1. The molecule has 0 amide bonds. The molecular formula is C16H28FN6O6P. The Kier molecular flexibility index (Phi) is 8.62. The highest BCUT2D eigenvalue weighted by atomic mass is 31.2. The lowest BCUT2D eigenvalue weighted by molar-refractivity contribution is -0.0495. The summed E-state index contributed by atoms with van der Waals surface area (Å²) in [5.41, 5.74) is 6.19. The molecule has 5 unspecified atom stereocenters. The molecule has 3 rings (SSSR count). The summed E-state index contributed by atoms with van der Waals surface area (Å²) in [5, 5.41) is 20.0. The van der Waals surface area contributed by atoms with Crippen molar-refractivity contribution < 1.29 is 33.1 Å². The minimum atomic E-state index is -5.22. The Morgan fingerprint density at radius 2 is 1.87 bits per heavy atom. The third-order valence-electron chi connectivity index (χ3n) is 4.74. The molecule has 5 N–H and O–H groups in total. The SMILES string of the molecule is CCN(CC)CC.Nc1ncnc2c1ncn2C1OC(COP(=O)(O)F)C(O)C1O. The third kappa shape index (κ3) is 5.91. The van der Waals surface area contributed by atoms with E-state index in [1.807, 2.05) is 0 Å². The Bertz CT molecular complexity index is 856. The first-order valence-electron chi connectivity index (χ1n) is 9.46. The number of fused-ring (bicyclic) bond motifs is 1. The number of rotatable bonds is 7. The Balaban J connectivity index is 0.000000396. The van der Waals surface area contributed by atoms with Crippen molar-refractivity contribution in [3.63, 3.8) is 0 Å². The van der Waals surface area contributed by atoms with E-state index in [9.17, 15) is 19.0 Å². The van der Waals surface area contributed by atoms with Crippen LogP contribution in [-0.4, -0.2) is 84.1 Å². The van der Waals surface area contributed by atoms with E-state index < -0.39 is 39.1 Å². The lowest BCUT2D eigenvalue weighted by Gasteiger charge is -2.16. The number of hydrogen-bond acceptors (Lipinski definition) is 10. The van der Waals surface area contributed by atoms with Crippen LogP contribution < -0.4 is 5.73 Å². The van der Waals surface area contributed by atoms with E-state index in [0.717, 1.165) is 0 Å². The first kappa shape index (κ1) is 24.5. The van der Waals surface area contributed by atoms with E-state index in [1.165, 1.54) is 36.9 Å². The smallest absolute Gasteiger partial charge is 0.387 e. The Labute approximate surface area is 173 Å². The van der Waals surface area contributed by atoms with E-state index in [-0.39, 0.29) is 17.0 Å². The molecule has 0 bridgehead atoms. The summed E-state index contributed by atoms with van der Waals surface area (Å²) in [4.78, 5) is 22.6. The van der Waals surface area contributed by atoms with Gasteiger partial charge < -0.3 is 25.6 Å². The van der Waals surface area contributed by atoms with E-state index in [0.29, 0.717) is 0 Å². The van der Waals surface area contributed by atoms with E-state index in [1.54, 1.807) is 0 Å². The number of nitrogen functional groups attached to an aromatic ring is 1. The second-order valence-corrected chi connectivity index (χ2v) is 7.66. The molecule has 3 heterocycles. The van der Waals surface area contributed by atoms with Gasteiger partial charge in [0.15, 0.2) is 17.7 Å². The number of halogens is 1. The van der Waals surface area contributed by atoms with Crippen LogP contribution in [-0.2, 0) is 13.8 Å². The molecule has 0 saturated carbocycles. The lowest BCUT2D eigenvalue weighted by Crippen LogP contribution is -2.33. The average Bonchev–Trinajstić information content (AvgIpc) is 3.24. The topological polar surface area (TPSA) is 169 Å². The lowest BCUT2D eigenvalue weighted by atomic mass is 10.1. The monoisotopic (exact) mass is 450 g/mol. The highest BCUT2D eigenvalue weighted by Crippen LogP contribution is 2.44. The molecule has 12 nitrogen and oxygen atoms in total. The number of nitrogens with zero attached hydrogens (tertiary/aromatic N) is 5. The zero-order valence-corrected chi connectivity index (χ0v) is 17.9. The predicted molar refractivity (Wildman–Crippen MR) is 106 cm³/mol. The molecule has 1 aliphatic heterocycles. The van der Waals surface area contributed by atoms with E-state index >= 15 is 0 Å². The molecule has 0 radical (unpaired) electrons. The van der Waals surface area contributed by atoms with Crippen LogP contribution in [0.4, 0.5) is 10.0 Å². The minimum Gasteiger partial charge on any atom is -0.387 e. The summed E-state index contributed by atoms with van der Waals surface area (Å²) in [6.45, 7) is 9.41. The predicted octanol–water partition coefficient (Wildman–Crippen LogP) is 0.462. The van der Waals surface area contributed by atoms with Crippen molar-refractivity contribution in [1.29, 1.82) is 0 Å². The van der Waals surface area contributed by atoms with Crippen LogP contribution >= 0.6 is 7.91 Å². The second-order valence-electron chi connectivity index (χ2n) is 6.50. The molecule has 0 spiro atoms. The molecule has 5 atom stereocenters. The minimum absolute atomic E-state index is 0.125. The van der Waals surface area contributed by atoms with Gasteiger partial charge in [-0.2, -0.15) is 0 Å². The van der Waals surface area contributed by atoms with Crippen LogP contribution in [0.2, 0.25) is 0 Å². The maximum atomic E-state index is 12.5. The van der Waals surface area contributed by atoms with Gasteiger partial charge in [-0.1, -0.05) is 20.8 Å². The summed E-state index contributed by atoms with van der Waals surface area (Å²) < 4.78 is 33.8. The summed E-state index contributed by atoms with van der Waals surface area (Å²) in [6, 6.07) is 0. The van der Waals surface area contributed by atoms with E-state index in [4.69, 9.17) is 15.4 Å². The largest absolute Gasteiger partial charge is 0.510 e. The van der Waals surface area contributed by atoms with Crippen molar-refractivity contribution in [2.75, 3.05) is 32.0 Å². The van der Waals surface area contributed by atoms with Gasteiger partial charge in [-0.05, 0) is 19.6 Å². The fourth-order valence-electron chi connectivity index (χ4n) is 2.99. The van der Waals surface area contributed by atoms with Crippen molar-refractivity contribution in [3.8, 4) is 0 Å². The van der Waals surface area contributed by atoms with E-state index in [2.05, 4.69) is 45.1 Å². The van der Waals surface area contributed by atoms with Gasteiger partial charge >= 0.3 is 7.91 Å². The van der Waals surface area contributed by atoms with Crippen LogP contribution in [0.25, 0.3) is 11.2 Å². The number of anilines is 1. The second kappa shape index (κ2) is 10.5. The summed E-state index contributed by atoms with van der Waals surface area (Å²) >= 11 is 0. The number of imidazole rings is 1. The molecule has 1 fully saturated rings. The maximum Gasteiger partial charge on any atom is 0.510 e. The number of aliphatic hydroxyl groups is 2. The number of nitrogens with two attached hydrogens (primary N) is 1. The molecule has 30 heavy (non-hydrogen) atoms. The Morgan fingerprint density at radius 3 is 2.40 bits per heavy atom. The molecule has 14 heteroatoms. The standard InChI is InChI=1S/C10H13FN5O6P.C6H15N/c11-23(19,20)21-1-4-6(17)7(18)10(22-4)16-3-15-5-8(12)13-2-14-9(5)16;1-4-7(5-2)6-3/h2-4,6-7,10,17-18H,1H2,(H,19,20)(H2,12,13,14);4-6H2,1-3H3. The van der Waals surface area contributed by atoms with Gasteiger partial charge in [0.25, 0.3) is 0 Å². The first-order valence-corrected chi connectivity index (χ1v) is 10.9. The van der Waals surface area contributed by atoms with Crippen LogP contribution in [0, 0.1) is 0 Å². The van der Waals surface area contributed by atoms with Gasteiger partial charge in [0, 0.05) is 0 Å². The zero-order chi connectivity index (χ0) is 22.5. The molecule has 2 aromatic heterocycles. The zero-order valence-electron chi connectivity index (χ0n) is 17.0. The van der Waals surface area contributed by atoms with Crippen LogP contribution in [0.1, 0.15) is 27.0 Å². The van der Waals surface area contributed by atoms with Gasteiger partial charge in [0.2, 0.25) is 0 Å². The fourth-order valence-corrected chi connectivity index (χ4v) is 3.32. The summed E-state index contributed by atoms with van der Waals surface area (Å²) in [6.07, 6.45) is -2.75. The normalized spacial score (nSPS) is 25.9. The quantitative estimate of drug-likeness (QED) is 0.432. The van der Waals surface area contributed by atoms with Gasteiger partial charge in [0.1, 0.15) is 30.2 Å². The van der Waals surface area contributed by atoms with Gasteiger partial charge in [-0.15, -0.1) is 4.20 Å². The molecular weight excluding hydrogens is 422 g/mol. The molecule has 2 aromatic rings. The van der Waals surface area contributed by atoms with Gasteiger partial charge in [-0.25, -0.2) is 19.5 Å². The fraction of sp³-hybridized carbons (Fsp3) is 0.688. The van der Waals surface area contributed by atoms with Crippen LogP contribution in [0.15, 0.2) is 12.7 Å². The van der Waals surface area contributed by atoms with Crippen molar-refractivity contribution in [1.82, 2.24) is 24.4 Å². The van der Waals surface area contributed by atoms with Crippen molar-refractivity contribution in [2.24, 2.45) is 0 Å². The third-order valence-corrected chi connectivity index (χ3v) is 5.21.